The molecule has 108 valence electrons. The van der Waals surface area contributed by atoms with Gasteiger partial charge in [-0.1, -0.05) is 19.8 Å². The second-order valence-corrected chi connectivity index (χ2v) is 5.58. The molecule has 4 heteroatoms. The van der Waals surface area contributed by atoms with Gasteiger partial charge in [0, 0.05) is 39.0 Å². The van der Waals surface area contributed by atoms with Gasteiger partial charge in [-0.2, -0.15) is 0 Å². The Labute approximate surface area is 116 Å². The maximum absolute atomic E-state index is 5.92. The highest BCUT2D eigenvalue weighted by molar-refractivity contribution is 4.99. The predicted molar refractivity (Wildman–Crippen MR) is 77.2 cm³/mol. The average molecular weight is 265 g/mol. The van der Waals surface area contributed by atoms with Crippen LogP contribution in [-0.2, 0) is 18.2 Å². The van der Waals surface area contributed by atoms with Crippen molar-refractivity contribution in [3.8, 4) is 0 Å². The van der Waals surface area contributed by atoms with Gasteiger partial charge in [0.25, 0.3) is 0 Å². The lowest BCUT2D eigenvalue weighted by molar-refractivity contribution is -0.0374. The summed E-state index contributed by atoms with van der Waals surface area (Å²) in [5.41, 5.74) is 0.0428. The molecule has 0 amide bonds. The number of nitrogens with zero attached hydrogens (tertiary/aromatic N) is 2. The van der Waals surface area contributed by atoms with Crippen LogP contribution < -0.4 is 5.32 Å². The van der Waals surface area contributed by atoms with Crippen LogP contribution in [0.5, 0.6) is 0 Å². The molecule has 1 fully saturated rings. The Hall–Kier alpha value is -0.870. The summed E-state index contributed by atoms with van der Waals surface area (Å²) < 4.78 is 8.03. The van der Waals surface area contributed by atoms with Gasteiger partial charge in [0.1, 0.15) is 5.82 Å². The highest BCUT2D eigenvalue weighted by atomic mass is 16.5. The molecule has 0 spiro atoms. The van der Waals surface area contributed by atoms with E-state index in [1.165, 1.54) is 25.7 Å². The maximum atomic E-state index is 5.92. The van der Waals surface area contributed by atoms with E-state index in [2.05, 4.69) is 28.8 Å². The molecule has 0 bridgehead atoms. The van der Waals surface area contributed by atoms with Gasteiger partial charge >= 0.3 is 0 Å². The Morgan fingerprint density at radius 1 is 1.47 bits per heavy atom. The fourth-order valence-electron chi connectivity index (χ4n) is 3.38. The minimum atomic E-state index is 0.0428. The van der Waals surface area contributed by atoms with Gasteiger partial charge in [0.2, 0.25) is 0 Å². The van der Waals surface area contributed by atoms with Gasteiger partial charge in [-0.25, -0.2) is 4.98 Å². The highest BCUT2D eigenvalue weighted by Crippen LogP contribution is 2.37. The van der Waals surface area contributed by atoms with E-state index in [0.29, 0.717) is 6.04 Å². The van der Waals surface area contributed by atoms with Gasteiger partial charge in [-0.15, -0.1) is 0 Å². The van der Waals surface area contributed by atoms with Crippen molar-refractivity contribution in [2.75, 3.05) is 13.7 Å². The predicted octanol–water partition coefficient (Wildman–Crippen LogP) is 2.29. The number of nitrogens with one attached hydrogen (secondary N) is 1. The highest BCUT2D eigenvalue weighted by Gasteiger charge is 2.40. The molecule has 1 heterocycles. The first-order valence-electron chi connectivity index (χ1n) is 7.46. The number of rotatable bonds is 7. The van der Waals surface area contributed by atoms with Gasteiger partial charge in [0.15, 0.2) is 0 Å². The molecule has 1 aliphatic rings. The zero-order valence-corrected chi connectivity index (χ0v) is 12.5. The number of methoxy groups -OCH3 is 1. The van der Waals surface area contributed by atoms with E-state index in [-0.39, 0.29) is 5.60 Å². The van der Waals surface area contributed by atoms with E-state index in [9.17, 15) is 0 Å². The van der Waals surface area contributed by atoms with Crippen LogP contribution in [0.4, 0.5) is 0 Å². The fraction of sp³-hybridized carbons (Fsp3) is 0.800. The van der Waals surface area contributed by atoms with Crippen molar-refractivity contribution < 1.29 is 4.74 Å². The lowest BCUT2D eigenvalue weighted by atomic mass is 9.88. The lowest BCUT2D eigenvalue weighted by Crippen LogP contribution is -2.50. The van der Waals surface area contributed by atoms with Crippen molar-refractivity contribution in [2.45, 2.75) is 57.1 Å². The Bertz CT molecular complexity index is 382. The van der Waals surface area contributed by atoms with Crippen molar-refractivity contribution in [3.63, 3.8) is 0 Å². The number of hydrogen-bond acceptors (Lipinski definition) is 3. The molecule has 0 radical (unpaired) electrons. The maximum Gasteiger partial charge on any atom is 0.108 e. The summed E-state index contributed by atoms with van der Waals surface area (Å²) in [7, 11) is 3.93. The summed E-state index contributed by atoms with van der Waals surface area (Å²) in [4.78, 5) is 4.42. The van der Waals surface area contributed by atoms with Crippen LogP contribution in [0.1, 0.15) is 44.9 Å². The number of aryl methyl sites for hydroxylation is 2. The zero-order chi connectivity index (χ0) is 13.7. The standard InChI is InChI=1S/C15H27N3O/c1-4-16-13(15(19-3)9-5-6-10-15)7-8-14-17-11-12-18(14)2/h11-13,16H,4-10H2,1-3H3. The van der Waals surface area contributed by atoms with Gasteiger partial charge < -0.3 is 14.6 Å². The van der Waals surface area contributed by atoms with Crippen molar-refractivity contribution in [3.05, 3.63) is 18.2 Å². The Kier molecular flexibility index (Phi) is 4.99. The van der Waals surface area contributed by atoms with Crippen LogP contribution in [0.3, 0.4) is 0 Å². The fourth-order valence-corrected chi connectivity index (χ4v) is 3.38. The number of imidazole rings is 1. The van der Waals surface area contributed by atoms with Crippen LogP contribution in [0, 0.1) is 0 Å². The van der Waals surface area contributed by atoms with E-state index >= 15 is 0 Å². The minimum Gasteiger partial charge on any atom is -0.377 e. The number of hydrogen-bond donors (Lipinski definition) is 1. The summed E-state index contributed by atoms with van der Waals surface area (Å²) in [6.45, 7) is 3.17. The van der Waals surface area contributed by atoms with Gasteiger partial charge in [-0.05, 0) is 25.8 Å². The third kappa shape index (κ3) is 3.18. The Morgan fingerprint density at radius 3 is 2.74 bits per heavy atom. The van der Waals surface area contributed by atoms with Gasteiger partial charge in [0.05, 0.1) is 5.60 Å². The Balaban J connectivity index is 2.01. The van der Waals surface area contributed by atoms with Crippen LogP contribution >= 0.6 is 0 Å². The molecule has 1 atom stereocenters. The molecule has 1 saturated carbocycles. The van der Waals surface area contributed by atoms with Crippen LogP contribution in [0.25, 0.3) is 0 Å². The first kappa shape index (κ1) is 14.5. The van der Waals surface area contributed by atoms with E-state index < -0.39 is 0 Å². The molecular weight excluding hydrogens is 238 g/mol. The second kappa shape index (κ2) is 6.53. The largest absolute Gasteiger partial charge is 0.377 e. The topological polar surface area (TPSA) is 39.1 Å². The minimum absolute atomic E-state index is 0.0428. The summed E-state index contributed by atoms with van der Waals surface area (Å²) in [5.74, 6) is 1.16. The molecule has 19 heavy (non-hydrogen) atoms. The van der Waals surface area contributed by atoms with Crippen LogP contribution in [0.2, 0.25) is 0 Å². The van der Waals surface area contributed by atoms with Crippen molar-refractivity contribution in [1.29, 1.82) is 0 Å². The quantitative estimate of drug-likeness (QED) is 0.822. The molecule has 1 aromatic heterocycles. The molecule has 1 aromatic rings. The second-order valence-electron chi connectivity index (χ2n) is 5.58. The first-order chi connectivity index (χ1) is 9.22. The van der Waals surface area contributed by atoms with E-state index in [4.69, 9.17) is 4.74 Å². The van der Waals surface area contributed by atoms with Gasteiger partial charge in [-0.3, -0.25) is 0 Å². The molecule has 0 aliphatic heterocycles. The number of aromatic nitrogens is 2. The van der Waals surface area contributed by atoms with Crippen molar-refractivity contribution in [2.24, 2.45) is 7.05 Å². The Morgan fingerprint density at radius 2 is 2.21 bits per heavy atom. The average Bonchev–Trinajstić information content (AvgIpc) is 3.04. The molecule has 1 aliphatic carbocycles. The third-order valence-electron chi connectivity index (χ3n) is 4.52. The smallest absolute Gasteiger partial charge is 0.108 e. The van der Waals surface area contributed by atoms with Crippen molar-refractivity contribution in [1.82, 2.24) is 14.9 Å². The number of likely N-dealkylation sites (N-methyl/N-ethyl adjacent to an activating group) is 1. The van der Waals surface area contributed by atoms with Crippen molar-refractivity contribution >= 4 is 0 Å². The molecule has 1 unspecified atom stereocenters. The monoisotopic (exact) mass is 265 g/mol. The summed E-state index contributed by atoms with van der Waals surface area (Å²) in [5, 5.41) is 3.64. The van der Waals surface area contributed by atoms with E-state index in [1.54, 1.807) is 0 Å². The van der Waals surface area contributed by atoms with Crippen LogP contribution in [-0.4, -0.2) is 34.8 Å². The third-order valence-corrected chi connectivity index (χ3v) is 4.52. The lowest BCUT2D eigenvalue weighted by Gasteiger charge is -2.37. The zero-order valence-electron chi connectivity index (χ0n) is 12.5. The molecule has 0 saturated heterocycles. The van der Waals surface area contributed by atoms with Crippen LogP contribution in [0.15, 0.2) is 12.4 Å². The molecule has 1 N–H and O–H groups in total. The molecular formula is C15H27N3O. The number of ether oxygens (including phenoxy) is 1. The SMILES string of the molecule is CCNC(CCc1nccn1C)C1(OC)CCCC1. The summed E-state index contributed by atoms with van der Waals surface area (Å²) >= 11 is 0. The van der Waals surface area contributed by atoms with E-state index in [0.717, 1.165) is 25.2 Å². The molecule has 0 aromatic carbocycles. The normalized spacial score (nSPS) is 19.7. The summed E-state index contributed by atoms with van der Waals surface area (Å²) in [6.07, 6.45) is 10.9. The molecule has 4 nitrogen and oxygen atoms in total. The first-order valence-corrected chi connectivity index (χ1v) is 7.46. The van der Waals surface area contributed by atoms with E-state index in [1.807, 2.05) is 19.5 Å². The molecule has 2 rings (SSSR count). The summed E-state index contributed by atoms with van der Waals surface area (Å²) in [6, 6.07) is 0.432.